The summed E-state index contributed by atoms with van der Waals surface area (Å²) in [5.74, 6) is 1.30. The van der Waals surface area contributed by atoms with Gasteiger partial charge in [0.2, 0.25) is 0 Å². The van der Waals surface area contributed by atoms with Crippen LogP contribution in [-0.4, -0.2) is 14.4 Å². The fraction of sp³-hybridized carbons (Fsp3) is 0.500. The monoisotopic (exact) mass is 294 g/mol. The lowest BCUT2D eigenvalue weighted by molar-refractivity contribution is 0.439. The van der Waals surface area contributed by atoms with Crippen LogP contribution in [0.15, 0.2) is 17.0 Å². The summed E-state index contributed by atoms with van der Waals surface area (Å²) in [6, 6.07) is 0. The van der Waals surface area contributed by atoms with Crippen LogP contribution in [0.25, 0.3) is 5.65 Å². The van der Waals surface area contributed by atoms with Crippen molar-refractivity contribution in [1.29, 1.82) is 0 Å². The number of hydrogen-bond donors (Lipinski definition) is 1. The summed E-state index contributed by atoms with van der Waals surface area (Å²) in [6.07, 6.45) is 9.98. The van der Waals surface area contributed by atoms with Crippen molar-refractivity contribution in [3.05, 3.63) is 22.7 Å². The molecule has 2 aromatic rings. The van der Waals surface area contributed by atoms with Gasteiger partial charge in [0.05, 0.1) is 11.9 Å². The summed E-state index contributed by atoms with van der Waals surface area (Å²) < 4.78 is 2.70. The Bertz CT molecular complexity index is 543. The van der Waals surface area contributed by atoms with E-state index in [0.29, 0.717) is 5.92 Å². The molecule has 0 aliphatic heterocycles. The van der Waals surface area contributed by atoms with Crippen molar-refractivity contribution in [3.63, 3.8) is 0 Å². The van der Waals surface area contributed by atoms with E-state index in [9.17, 15) is 0 Å². The molecule has 0 radical (unpaired) electrons. The Morgan fingerprint density at radius 2 is 2.06 bits per heavy atom. The van der Waals surface area contributed by atoms with Crippen molar-refractivity contribution in [1.82, 2.24) is 14.4 Å². The number of nitrogen functional groups attached to an aromatic ring is 1. The molecule has 1 saturated carbocycles. The van der Waals surface area contributed by atoms with Crippen LogP contribution in [0.5, 0.6) is 0 Å². The fourth-order valence-electron chi connectivity index (χ4n) is 2.64. The van der Waals surface area contributed by atoms with Crippen molar-refractivity contribution in [2.24, 2.45) is 0 Å². The normalized spacial score (nSPS) is 17.7. The molecule has 2 heterocycles. The molecule has 0 unspecified atom stereocenters. The van der Waals surface area contributed by atoms with Gasteiger partial charge >= 0.3 is 0 Å². The number of aromatic nitrogens is 3. The molecule has 2 aromatic heterocycles. The standard InChI is InChI=1S/C12H15BrN4/c13-9-7-17-10(6-15-9)16-11(12(17)14)8-4-2-1-3-5-8/h6-8H,1-5,14H2. The predicted octanol–water partition coefficient (Wildman–Crippen LogP) is 3.12. The molecule has 0 saturated heterocycles. The van der Waals surface area contributed by atoms with Gasteiger partial charge in [-0.05, 0) is 28.8 Å². The summed E-state index contributed by atoms with van der Waals surface area (Å²) in [4.78, 5) is 8.82. The minimum absolute atomic E-state index is 0.530. The smallest absolute Gasteiger partial charge is 0.157 e. The maximum Gasteiger partial charge on any atom is 0.157 e. The Kier molecular flexibility index (Phi) is 2.78. The van der Waals surface area contributed by atoms with Gasteiger partial charge in [0.25, 0.3) is 0 Å². The second kappa shape index (κ2) is 4.29. The first kappa shape index (κ1) is 11.0. The van der Waals surface area contributed by atoms with Crippen LogP contribution in [0.3, 0.4) is 0 Å². The van der Waals surface area contributed by atoms with E-state index in [1.54, 1.807) is 6.20 Å². The number of anilines is 1. The molecule has 4 nitrogen and oxygen atoms in total. The van der Waals surface area contributed by atoms with Crippen molar-refractivity contribution in [2.75, 3.05) is 5.73 Å². The number of nitrogens with zero attached hydrogens (tertiary/aromatic N) is 3. The molecule has 0 spiro atoms. The van der Waals surface area contributed by atoms with Crippen LogP contribution >= 0.6 is 15.9 Å². The zero-order valence-corrected chi connectivity index (χ0v) is 11.2. The number of halogens is 1. The number of imidazole rings is 1. The van der Waals surface area contributed by atoms with E-state index in [4.69, 9.17) is 5.73 Å². The summed E-state index contributed by atoms with van der Waals surface area (Å²) in [7, 11) is 0. The number of hydrogen-bond acceptors (Lipinski definition) is 3. The molecular weight excluding hydrogens is 280 g/mol. The van der Waals surface area contributed by atoms with Gasteiger partial charge in [-0.15, -0.1) is 0 Å². The van der Waals surface area contributed by atoms with Gasteiger partial charge in [-0.3, -0.25) is 4.40 Å². The first-order valence-electron chi connectivity index (χ1n) is 6.04. The van der Waals surface area contributed by atoms with E-state index in [1.165, 1.54) is 32.1 Å². The third-order valence-electron chi connectivity index (χ3n) is 3.53. The summed E-state index contributed by atoms with van der Waals surface area (Å²) in [5.41, 5.74) is 8.09. The molecule has 5 heteroatoms. The van der Waals surface area contributed by atoms with Gasteiger partial charge in [0.15, 0.2) is 5.65 Å². The SMILES string of the molecule is Nc1c(C2CCCCC2)nc2cnc(Br)cn12. The quantitative estimate of drug-likeness (QED) is 0.879. The van der Waals surface area contributed by atoms with Crippen LogP contribution in [0.2, 0.25) is 0 Å². The van der Waals surface area contributed by atoms with E-state index in [1.807, 2.05) is 10.6 Å². The van der Waals surface area contributed by atoms with Crippen LogP contribution in [0.4, 0.5) is 5.82 Å². The molecule has 1 aliphatic rings. The van der Waals surface area contributed by atoms with Crippen LogP contribution < -0.4 is 5.73 Å². The highest BCUT2D eigenvalue weighted by molar-refractivity contribution is 9.10. The van der Waals surface area contributed by atoms with E-state index < -0.39 is 0 Å². The highest BCUT2D eigenvalue weighted by atomic mass is 79.9. The van der Waals surface area contributed by atoms with Crippen LogP contribution in [0.1, 0.15) is 43.7 Å². The van der Waals surface area contributed by atoms with Gasteiger partial charge in [0.1, 0.15) is 10.4 Å². The molecule has 2 N–H and O–H groups in total. The van der Waals surface area contributed by atoms with E-state index in [2.05, 4.69) is 25.9 Å². The fourth-order valence-corrected chi connectivity index (χ4v) is 2.95. The Labute approximate surface area is 108 Å². The Balaban J connectivity index is 2.07. The van der Waals surface area contributed by atoms with E-state index >= 15 is 0 Å². The third-order valence-corrected chi connectivity index (χ3v) is 3.94. The molecule has 3 rings (SSSR count). The van der Waals surface area contributed by atoms with Crippen molar-refractivity contribution in [2.45, 2.75) is 38.0 Å². The molecule has 0 amide bonds. The van der Waals surface area contributed by atoms with E-state index in [-0.39, 0.29) is 0 Å². The van der Waals surface area contributed by atoms with Crippen LogP contribution in [0, 0.1) is 0 Å². The van der Waals surface area contributed by atoms with Gasteiger partial charge < -0.3 is 5.73 Å². The topological polar surface area (TPSA) is 56.2 Å². The maximum atomic E-state index is 6.19. The van der Waals surface area contributed by atoms with Gasteiger partial charge in [-0.1, -0.05) is 19.3 Å². The lowest BCUT2D eigenvalue weighted by Gasteiger charge is -2.20. The average Bonchev–Trinajstić information content (AvgIpc) is 2.68. The Morgan fingerprint density at radius 1 is 1.29 bits per heavy atom. The summed E-state index contributed by atoms with van der Waals surface area (Å²) in [6.45, 7) is 0. The molecule has 1 fully saturated rings. The number of fused-ring (bicyclic) bond motifs is 1. The van der Waals surface area contributed by atoms with E-state index in [0.717, 1.165) is 21.8 Å². The zero-order chi connectivity index (χ0) is 11.8. The predicted molar refractivity (Wildman–Crippen MR) is 70.9 cm³/mol. The van der Waals surface area contributed by atoms with Gasteiger partial charge in [-0.25, -0.2) is 9.97 Å². The third kappa shape index (κ3) is 1.92. The highest BCUT2D eigenvalue weighted by Crippen LogP contribution is 2.35. The van der Waals surface area contributed by atoms with Crippen molar-refractivity contribution in [3.8, 4) is 0 Å². The molecule has 17 heavy (non-hydrogen) atoms. The molecular formula is C12H15BrN4. The van der Waals surface area contributed by atoms with Gasteiger partial charge in [-0.2, -0.15) is 0 Å². The maximum absolute atomic E-state index is 6.19. The summed E-state index contributed by atoms with van der Waals surface area (Å²) >= 11 is 3.36. The Hall–Kier alpha value is -1.10. The first-order valence-corrected chi connectivity index (χ1v) is 6.84. The molecule has 0 atom stereocenters. The minimum atomic E-state index is 0.530. The van der Waals surface area contributed by atoms with Gasteiger partial charge in [0, 0.05) is 12.1 Å². The molecule has 0 bridgehead atoms. The lowest BCUT2D eigenvalue weighted by atomic mass is 9.87. The second-order valence-corrected chi connectivity index (χ2v) is 5.47. The number of rotatable bonds is 1. The lowest BCUT2D eigenvalue weighted by Crippen LogP contribution is -2.07. The van der Waals surface area contributed by atoms with Crippen molar-refractivity contribution >= 4 is 27.4 Å². The Morgan fingerprint density at radius 3 is 2.82 bits per heavy atom. The van der Waals surface area contributed by atoms with Crippen molar-refractivity contribution < 1.29 is 0 Å². The molecule has 90 valence electrons. The largest absolute Gasteiger partial charge is 0.383 e. The first-order chi connectivity index (χ1) is 8.25. The number of nitrogens with two attached hydrogens (primary N) is 1. The summed E-state index contributed by atoms with van der Waals surface area (Å²) in [5, 5.41) is 0. The zero-order valence-electron chi connectivity index (χ0n) is 9.56. The highest BCUT2D eigenvalue weighted by Gasteiger charge is 2.22. The minimum Gasteiger partial charge on any atom is -0.383 e. The molecule has 0 aromatic carbocycles. The second-order valence-electron chi connectivity index (χ2n) is 4.66. The van der Waals surface area contributed by atoms with Crippen LogP contribution in [-0.2, 0) is 0 Å². The molecule has 1 aliphatic carbocycles. The average molecular weight is 295 g/mol.